The molecule has 2 atom stereocenters. The Bertz CT molecular complexity index is 670. The van der Waals surface area contributed by atoms with Gasteiger partial charge in [-0.05, 0) is 37.0 Å². The van der Waals surface area contributed by atoms with Crippen LogP contribution in [-0.4, -0.2) is 41.1 Å². The van der Waals surface area contributed by atoms with Crippen LogP contribution in [0, 0.1) is 12.8 Å². The number of hydrogen-bond acceptors (Lipinski definition) is 5. The molecule has 0 saturated carbocycles. The summed E-state index contributed by atoms with van der Waals surface area (Å²) in [5, 5.41) is 0. The smallest absolute Gasteiger partial charge is 0.264 e. The van der Waals surface area contributed by atoms with Crippen molar-refractivity contribution >= 4 is 21.6 Å². The fourth-order valence-corrected chi connectivity index (χ4v) is 3.53. The van der Waals surface area contributed by atoms with Crippen LogP contribution in [0.5, 0.6) is 0 Å². The lowest BCUT2D eigenvalue weighted by Crippen LogP contribution is -2.40. The molecule has 0 aromatic heterocycles. The number of nitrogens with zero attached hydrogens (tertiary/aromatic N) is 1. The Balaban J connectivity index is 2.23. The maximum atomic E-state index is 12.4. The van der Waals surface area contributed by atoms with Crippen molar-refractivity contribution in [1.29, 1.82) is 0 Å². The van der Waals surface area contributed by atoms with Crippen molar-refractivity contribution < 1.29 is 17.9 Å². The Hall–Kier alpha value is -1.60. The Labute approximate surface area is 131 Å². The lowest BCUT2D eigenvalue weighted by atomic mass is 10.0. The van der Waals surface area contributed by atoms with E-state index in [4.69, 9.17) is 4.74 Å². The van der Waals surface area contributed by atoms with Gasteiger partial charge >= 0.3 is 0 Å². The molecule has 1 aromatic rings. The van der Waals surface area contributed by atoms with E-state index in [1.165, 1.54) is 6.07 Å². The molecule has 1 aliphatic rings. The number of carbonyl (C=O) groups excluding carboxylic acids is 1. The third kappa shape index (κ3) is 3.41. The number of benzene rings is 1. The number of ether oxygens (including phenoxy) is 1. The summed E-state index contributed by atoms with van der Waals surface area (Å²) in [6.45, 7) is 4.26. The zero-order valence-electron chi connectivity index (χ0n) is 13.3. The topological polar surface area (TPSA) is 75.7 Å². The molecule has 0 radical (unpaired) electrons. The van der Waals surface area contributed by atoms with Gasteiger partial charge in [0.05, 0.1) is 4.90 Å². The van der Waals surface area contributed by atoms with E-state index in [0.717, 1.165) is 17.7 Å². The summed E-state index contributed by atoms with van der Waals surface area (Å²) < 4.78 is 32.2. The van der Waals surface area contributed by atoms with Crippen LogP contribution >= 0.6 is 0 Å². The molecular formula is C15H22N2O4S. The van der Waals surface area contributed by atoms with E-state index in [2.05, 4.69) is 4.72 Å². The van der Waals surface area contributed by atoms with Crippen LogP contribution in [0.1, 0.15) is 18.9 Å². The zero-order valence-corrected chi connectivity index (χ0v) is 14.1. The molecular weight excluding hydrogens is 304 g/mol. The zero-order chi connectivity index (χ0) is 16.5. The van der Waals surface area contributed by atoms with E-state index < -0.39 is 22.0 Å². The second kappa shape index (κ2) is 6.26. The second-order valence-electron chi connectivity index (χ2n) is 5.87. The maximum Gasteiger partial charge on any atom is 0.264 e. The predicted octanol–water partition coefficient (Wildman–Crippen LogP) is 1.29. The minimum absolute atomic E-state index is 0.0190. The molecule has 122 valence electrons. The molecule has 0 spiro atoms. The van der Waals surface area contributed by atoms with Gasteiger partial charge in [-0.1, -0.05) is 13.0 Å². The number of hydrogen-bond donors (Lipinski definition) is 1. The van der Waals surface area contributed by atoms with Gasteiger partial charge in [0, 0.05) is 26.4 Å². The Kier molecular flexibility index (Phi) is 4.77. The third-order valence-corrected chi connectivity index (χ3v) is 5.20. The van der Waals surface area contributed by atoms with Crippen LogP contribution in [0.25, 0.3) is 0 Å². The second-order valence-corrected chi connectivity index (χ2v) is 7.55. The van der Waals surface area contributed by atoms with Crippen LogP contribution < -0.4 is 9.62 Å². The highest BCUT2D eigenvalue weighted by Crippen LogP contribution is 2.24. The van der Waals surface area contributed by atoms with E-state index in [1.807, 2.05) is 32.8 Å². The van der Waals surface area contributed by atoms with Gasteiger partial charge in [0.25, 0.3) is 15.9 Å². The lowest BCUT2D eigenvalue weighted by molar-refractivity contribution is -0.129. The highest BCUT2D eigenvalue weighted by Gasteiger charge is 2.33. The Morgan fingerprint density at radius 1 is 1.36 bits per heavy atom. The number of aryl methyl sites for hydroxylation is 1. The van der Waals surface area contributed by atoms with Gasteiger partial charge in [-0.15, -0.1) is 0 Å². The van der Waals surface area contributed by atoms with Gasteiger partial charge < -0.3 is 9.64 Å². The van der Waals surface area contributed by atoms with E-state index >= 15 is 0 Å². The minimum atomic E-state index is -3.90. The van der Waals surface area contributed by atoms with Crippen molar-refractivity contribution in [2.24, 2.45) is 5.92 Å². The summed E-state index contributed by atoms with van der Waals surface area (Å²) >= 11 is 0. The standard InChI is InChI=1S/C15H22N2O4S/c1-10-5-6-12(9-13(10)17(3)4)22(19,20)16-15(18)14-11(2)7-8-21-14/h5-6,9,11,14H,7-8H2,1-4H3,(H,16,18)/t11-,14+/m1/s1. The van der Waals surface area contributed by atoms with Gasteiger partial charge in [0.1, 0.15) is 6.10 Å². The van der Waals surface area contributed by atoms with Crippen molar-refractivity contribution in [3.8, 4) is 0 Å². The predicted molar refractivity (Wildman–Crippen MR) is 84.4 cm³/mol. The first-order valence-corrected chi connectivity index (χ1v) is 8.67. The fourth-order valence-electron chi connectivity index (χ4n) is 2.52. The van der Waals surface area contributed by atoms with Crippen molar-refractivity contribution in [2.45, 2.75) is 31.3 Å². The Morgan fingerprint density at radius 3 is 2.59 bits per heavy atom. The van der Waals surface area contributed by atoms with Gasteiger partial charge in [-0.25, -0.2) is 13.1 Å². The SMILES string of the molecule is Cc1ccc(S(=O)(=O)NC(=O)[C@H]2OCC[C@H]2C)cc1N(C)C. The van der Waals surface area contributed by atoms with Crippen LogP contribution in [-0.2, 0) is 19.6 Å². The number of carbonyl (C=O) groups is 1. The van der Waals surface area contributed by atoms with Gasteiger partial charge in [-0.3, -0.25) is 4.79 Å². The summed E-state index contributed by atoms with van der Waals surface area (Å²) in [5.41, 5.74) is 1.75. The van der Waals surface area contributed by atoms with Crippen molar-refractivity contribution in [1.82, 2.24) is 4.72 Å². The first-order chi connectivity index (χ1) is 10.2. The van der Waals surface area contributed by atoms with Crippen LogP contribution in [0.15, 0.2) is 23.1 Å². The minimum Gasteiger partial charge on any atom is -0.377 e. The average Bonchev–Trinajstić information content (AvgIpc) is 2.84. The number of anilines is 1. The molecule has 0 aliphatic carbocycles. The summed E-state index contributed by atoms with van der Waals surface area (Å²) in [5.74, 6) is -0.581. The molecule has 1 saturated heterocycles. The van der Waals surface area contributed by atoms with Crippen LogP contribution in [0.4, 0.5) is 5.69 Å². The lowest BCUT2D eigenvalue weighted by Gasteiger charge is -2.18. The van der Waals surface area contributed by atoms with Gasteiger partial charge in [0.15, 0.2) is 0 Å². The average molecular weight is 326 g/mol. The highest BCUT2D eigenvalue weighted by atomic mass is 32.2. The van der Waals surface area contributed by atoms with Crippen LogP contribution in [0.3, 0.4) is 0 Å². The maximum absolute atomic E-state index is 12.4. The molecule has 1 heterocycles. The molecule has 1 amide bonds. The third-order valence-electron chi connectivity index (χ3n) is 3.85. The molecule has 1 aliphatic heterocycles. The van der Waals surface area contributed by atoms with Gasteiger partial charge in [-0.2, -0.15) is 0 Å². The Morgan fingerprint density at radius 2 is 2.05 bits per heavy atom. The molecule has 22 heavy (non-hydrogen) atoms. The largest absolute Gasteiger partial charge is 0.377 e. The molecule has 0 unspecified atom stereocenters. The van der Waals surface area contributed by atoms with E-state index in [9.17, 15) is 13.2 Å². The summed E-state index contributed by atoms with van der Waals surface area (Å²) in [6.07, 6.45) is 0.0570. The molecule has 7 heteroatoms. The molecule has 1 aromatic carbocycles. The van der Waals surface area contributed by atoms with Gasteiger partial charge in [0.2, 0.25) is 0 Å². The highest BCUT2D eigenvalue weighted by molar-refractivity contribution is 7.90. The quantitative estimate of drug-likeness (QED) is 0.902. The first-order valence-electron chi connectivity index (χ1n) is 7.18. The van der Waals surface area contributed by atoms with E-state index in [-0.39, 0.29) is 10.8 Å². The molecule has 0 bridgehead atoms. The van der Waals surface area contributed by atoms with Crippen LogP contribution in [0.2, 0.25) is 0 Å². The summed E-state index contributed by atoms with van der Waals surface area (Å²) in [6, 6.07) is 4.78. The molecule has 2 rings (SSSR count). The van der Waals surface area contributed by atoms with Crippen molar-refractivity contribution in [3.05, 3.63) is 23.8 Å². The first kappa shape index (κ1) is 16.8. The van der Waals surface area contributed by atoms with Crippen molar-refractivity contribution in [2.75, 3.05) is 25.6 Å². The monoisotopic (exact) mass is 326 g/mol. The number of amides is 1. The number of sulfonamides is 1. The van der Waals surface area contributed by atoms with Crippen molar-refractivity contribution in [3.63, 3.8) is 0 Å². The number of nitrogens with one attached hydrogen (secondary N) is 1. The molecule has 1 fully saturated rings. The molecule has 1 N–H and O–H groups in total. The summed E-state index contributed by atoms with van der Waals surface area (Å²) in [4.78, 5) is 14.0. The summed E-state index contributed by atoms with van der Waals surface area (Å²) in [7, 11) is -0.222. The van der Waals surface area contributed by atoms with E-state index in [1.54, 1.807) is 12.1 Å². The fraction of sp³-hybridized carbons (Fsp3) is 0.533. The number of rotatable bonds is 4. The molecule has 6 nitrogen and oxygen atoms in total. The van der Waals surface area contributed by atoms with E-state index in [0.29, 0.717) is 6.61 Å². The normalized spacial score (nSPS) is 21.6.